The Labute approximate surface area is 81.0 Å². The molecule has 0 radical (unpaired) electrons. The van der Waals surface area contributed by atoms with Crippen LogP contribution in [0.15, 0.2) is 11.6 Å². The highest BCUT2D eigenvalue weighted by atomic mass is 16.5. The van der Waals surface area contributed by atoms with E-state index in [1.54, 1.807) is 13.0 Å². The van der Waals surface area contributed by atoms with Gasteiger partial charge in [0.15, 0.2) is 0 Å². The Bertz CT molecular complexity index is 192. The van der Waals surface area contributed by atoms with Crippen LogP contribution < -0.4 is 0 Å². The van der Waals surface area contributed by atoms with Crippen LogP contribution in [0.2, 0.25) is 0 Å². The third kappa shape index (κ3) is 4.11. The number of ether oxygens (including phenoxy) is 1. The molecule has 2 heteroatoms. The fraction of sp³-hybridized carbons (Fsp3) is 0.727. The Balaban J connectivity index is 4.17. The van der Waals surface area contributed by atoms with Gasteiger partial charge in [-0.1, -0.05) is 26.8 Å². The summed E-state index contributed by atoms with van der Waals surface area (Å²) in [5, 5.41) is 0. The van der Waals surface area contributed by atoms with Crippen LogP contribution in [0, 0.1) is 5.92 Å². The van der Waals surface area contributed by atoms with Crippen molar-refractivity contribution in [1.82, 2.24) is 0 Å². The van der Waals surface area contributed by atoms with Crippen molar-refractivity contribution in [3.05, 3.63) is 11.6 Å². The number of rotatable bonds is 4. The molecule has 0 aliphatic heterocycles. The summed E-state index contributed by atoms with van der Waals surface area (Å²) in [6.07, 6.45) is 2.69. The van der Waals surface area contributed by atoms with Gasteiger partial charge in [-0.2, -0.15) is 0 Å². The van der Waals surface area contributed by atoms with Crippen LogP contribution in [0.1, 0.15) is 41.0 Å². The van der Waals surface area contributed by atoms with Gasteiger partial charge < -0.3 is 4.74 Å². The summed E-state index contributed by atoms with van der Waals surface area (Å²) >= 11 is 0. The Morgan fingerprint density at radius 1 is 1.46 bits per heavy atom. The lowest BCUT2D eigenvalue weighted by Crippen LogP contribution is -2.23. The van der Waals surface area contributed by atoms with Gasteiger partial charge in [0, 0.05) is 5.57 Å². The van der Waals surface area contributed by atoms with E-state index in [1.807, 2.05) is 13.8 Å². The molecule has 0 aromatic heterocycles. The van der Waals surface area contributed by atoms with Crippen molar-refractivity contribution >= 4 is 5.97 Å². The molecule has 76 valence electrons. The van der Waals surface area contributed by atoms with E-state index >= 15 is 0 Å². The van der Waals surface area contributed by atoms with Crippen LogP contribution in [-0.4, -0.2) is 12.1 Å². The smallest absolute Gasteiger partial charge is 0.333 e. The Morgan fingerprint density at radius 3 is 2.31 bits per heavy atom. The molecule has 1 atom stereocenters. The van der Waals surface area contributed by atoms with Crippen molar-refractivity contribution in [2.24, 2.45) is 5.92 Å². The molecular formula is C11H20O2. The molecule has 0 aliphatic rings. The van der Waals surface area contributed by atoms with Crippen molar-refractivity contribution in [3.63, 3.8) is 0 Å². The number of carbonyl (C=O) groups is 1. The van der Waals surface area contributed by atoms with Crippen molar-refractivity contribution in [3.8, 4) is 0 Å². The summed E-state index contributed by atoms with van der Waals surface area (Å²) in [6, 6.07) is 0. The number of esters is 1. The van der Waals surface area contributed by atoms with Gasteiger partial charge in [-0.15, -0.1) is 0 Å². The van der Waals surface area contributed by atoms with Gasteiger partial charge in [0.1, 0.15) is 6.10 Å². The fourth-order valence-electron chi connectivity index (χ4n) is 1.04. The van der Waals surface area contributed by atoms with Crippen LogP contribution in [0.4, 0.5) is 0 Å². The maximum Gasteiger partial charge on any atom is 0.333 e. The second-order valence-corrected chi connectivity index (χ2v) is 3.57. The second kappa shape index (κ2) is 5.79. The predicted octanol–water partition coefficient (Wildman–Crippen LogP) is 2.93. The summed E-state index contributed by atoms with van der Waals surface area (Å²) < 4.78 is 5.31. The molecule has 0 rings (SSSR count). The summed E-state index contributed by atoms with van der Waals surface area (Å²) in [5.41, 5.74) is 0.680. The van der Waals surface area contributed by atoms with Crippen LogP contribution in [0.5, 0.6) is 0 Å². The first-order chi connectivity index (χ1) is 6.02. The van der Waals surface area contributed by atoms with Gasteiger partial charge >= 0.3 is 5.97 Å². The van der Waals surface area contributed by atoms with Crippen LogP contribution in [0.25, 0.3) is 0 Å². The van der Waals surface area contributed by atoms with Crippen LogP contribution in [0.3, 0.4) is 0 Å². The third-order valence-corrected chi connectivity index (χ3v) is 2.16. The minimum absolute atomic E-state index is 0.0439. The number of hydrogen-bond donors (Lipinski definition) is 0. The SMILES string of the molecule is C/C=C(\C)C(=O)OC(CC)C(C)C. The monoisotopic (exact) mass is 184 g/mol. The van der Waals surface area contributed by atoms with Gasteiger partial charge in [-0.05, 0) is 26.2 Å². The minimum Gasteiger partial charge on any atom is -0.459 e. The third-order valence-electron chi connectivity index (χ3n) is 2.16. The van der Waals surface area contributed by atoms with Crippen molar-refractivity contribution in [2.75, 3.05) is 0 Å². The highest BCUT2D eigenvalue weighted by Crippen LogP contribution is 2.12. The molecule has 0 aromatic rings. The highest BCUT2D eigenvalue weighted by molar-refractivity contribution is 5.87. The Kier molecular flexibility index (Phi) is 5.44. The Morgan fingerprint density at radius 2 is 2.00 bits per heavy atom. The van der Waals surface area contributed by atoms with E-state index in [2.05, 4.69) is 13.8 Å². The molecule has 0 saturated heterocycles. The molecular weight excluding hydrogens is 164 g/mol. The van der Waals surface area contributed by atoms with Crippen molar-refractivity contribution in [2.45, 2.75) is 47.1 Å². The molecule has 0 aromatic carbocycles. The zero-order chi connectivity index (χ0) is 10.4. The highest BCUT2D eigenvalue weighted by Gasteiger charge is 2.16. The van der Waals surface area contributed by atoms with Crippen LogP contribution in [-0.2, 0) is 9.53 Å². The first-order valence-corrected chi connectivity index (χ1v) is 4.86. The average Bonchev–Trinajstić information content (AvgIpc) is 2.11. The minimum atomic E-state index is -0.192. The summed E-state index contributed by atoms with van der Waals surface area (Å²) in [4.78, 5) is 11.4. The summed E-state index contributed by atoms with van der Waals surface area (Å²) in [6.45, 7) is 9.77. The summed E-state index contributed by atoms with van der Waals surface area (Å²) in [7, 11) is 0. The molecule has 0 amide bonds. The Hall–Kier alpha value is -0.790. The second-order valence-electron chi connectivity index (χ2n) is 3.57. The average molecular weight is 184 g/mol. The number of hydrogen-bond acceptors (Lipinski definition) is 2. The van der Waals surface area contributed by atoms with E-state index in [-0.39, 0.29) is 12.1 Å². The molecule has 0 spiro atoms. The zero-order valence-corrected chi connectivity index (χ0v) is 9.26. The molecule has 2 nitrogen and oxygen atoms in total. The first-order valence-electron chi connectivity index (χ1n) is 4.86. The zero-order valence-electron chi connectivity index (χ0n) is 9.26. The molecule has 0 aliphatic carbocycles. The molecule has 0 heterocycles. The normalized spacial score (nSPS) is 14.5. The number of allylic oxidation sites excluding steroid dienone is 1. The van der Waals surface area contributed by atoms with Crippen molar-refractivity contribution < 1.29 is 9.53 Å². The molecule has 0 fully saturated rings. The predicted molar refractivity (Wildman–Crippen MR) is 54.4 cm³/mol. The van der Waals surface area contributed by atoms with Gasteiger partial charge in [-0.25, -0.2) is 4.79 Å². The number of carbonyl (C=O) groups excluding carboxylic acids is 1. The summed E-state index contributed by atoms with van der Waals surface area (Å²) in [5.74, 6) is 0.196. The van der Waals surface area contributed by atoms with E-state index in [9.17, 15) is 4.79 Å². The van der Waals surface area contributed by atoms with E-state index < -0.39 is 0 Å². The lowest BCUT2D eigenvalue weighted by molar-refractivity contribution is -0.146. The van der Waals surface area contributed by atoms with E-state index in [1.165, 1.54) is 0 Å². The van der Waals surface area contributed by atoms with E-state index in [0.717, 1.165) is 6.42 Å². The lowest BCUT2D eigenvalue weighted by Gasteiger charge is -2.19. The van der Waals surface area contributed by atoms with Crippen molar-refractivity contribution in [1.29, 1.82) is 0 Å². The quantitative estimate of drug-likeness (QED) is 0.496. The van der Waals surface area contributed by atoms with Gasteiger partial charge in [0.05, 0.1) is 0 Å². The molecule has 13 heavy (non-hydrogen) atoms. The fourth-order valence-corrected chi connectivity index (χ4v) is 1.04. The topological polar surface area (TPSA) is 26.3 Å². The van der Waals surface area contributed by atoms with Crippen LogP contribution >= 0.6 is 0 Å². The van der Waals surface area contributed by atoms with E-state index in [0.29, 0.717) is 11.5 Å². The van der Waals surface area contributed by atoms with Gasteiger partial charge in [-0.3, -0.25) is 0 Å². The largest absolute Gasteiger partial charge is 0.459 e. The molecule has 1 unspecified atom stereocenters. The standard InChI is InChI=1S/C11H20O2/c1-6-9(5)11(12)13-10(7-2)8(3)4/h6,8,10H,7H2,1-5H3/b9-6+. The molecule has 0 saturated carbocycles. The van der Waals surface area contributed by atoms with Gasteiger partial charge in [0.2, 0.25) is 0 Å². The molecule has 0 bridgehead atoms. The maximum absolute atomic E-state index is 11.4. The lowest BCUT2D eigenvalue weighted by atomic mass is 10.1. The molecule has 0 N–H and O–H groups in total. The van der Waals surface area contributed by atoms with E-state index in [4.69, 9.17) is 4.74 Å². The first kappa shape index (κ1) is 12.2. The van der Waals surface area contributed by atoms with Gasteiger partial charge in [0.25, 0.3) is 0 Å². The maximum atomic E-state index is 11.4.